The summed E-state index contributed by atoms with van der Waals surface area (Å²) in [5.74, 6) is -2.48. The molecular formula is C29H28ClF6NO6S. The predicted octanol–water partition coefficient (Wildman–Crippen LogP) is 5.76. The second-order valence-electron chi connectivity index (χ2n) is 11.6. The van der Waals surface area contributed by atoms with Crippen molar-refractivity contribution in [1.29, 1.82) is 0 Å². The van der Waals surface area contributed by atoms with Gasteiger partial charge in [0.25, 0.3) is 5.60 Å². The third-order valence-corrected chi connectivity index (χ3v) is 12.2. The Labute approximate surface area is 253 Å². The van der Waals surface area contributed by atoms with Crippen LogP contribution in [-0.4, -0.2) is 60.3 Å². The number of aliphatic carboxylic acids is 1. The topological polar surface area (TPSA) is 112 Å². The lowest BCUT2D eigenvalue weighted by atomic mass is 9.76. The van der Waals surface area contributed by atoms with Crippen LogP contribution in [0.5, 0.6) is 0 Å². The Morgan fingerprint density at radius 3 is 2.00 bits per heavy atom. The van der Waals surface area contributed by atoms with Gasteiger partial charge in [-0.05, 0) is 80.3 Å². The van der Waals surface area contributed by atoms with Gasteiger partial charge in [0.15, 0.2) is 9.84 Å². The van der Waals surface area contributed by atoms with E-state index < -0.39 is 61.9 Å². The predicted molar refractivity (Wildman–Crippen MR) is 144 cm³/mol. The number of carbonyl (C=O) groups excluding carboxylic acids is 1. The molecule has 3 aliphatic rings. The number of fused-ring (bicyclic) bond motifs is 3. The van der Waals surface area contributed by atoms with Crippen molar-refractivity contribution in [3.63, 3.8) is 0 Å². The molecule has 1 amide bonds. The number of hydrogen-bond acceptors (Lipinski definition) is 5. The Morgan fingerprint density at radius 2 is 1.45 bits per heavy atom. The van der Waals surface area contributed by atoms with Gasteiger partial charge in [-0.15, -0.1) is 0 Å². The number of nitrogens with zero attached hydrogens (tertiary/aromatic N) is 1. The molecule has 7 nitrogen and oxygen atoms in total. The molecule has 1 heterocycles. The fourth-order valence-corrected chi connectivity index (χ4v) is 9.64. The molecule has 240 valence electrons. The van der Waals surface area contributed by atoms with E-state index in [1.54, 1.807) is 0 Å². The largest absolute Gasteiger partial charge is 0.481 e. The number of carboxylic acids is 1. The first-order valence-corrected chi connectivity index (χ1v) is 15.8. The van der Waals surface area contributed by atoms with Crippen molar-refractivity contribution >= 4 is 33.3 Å². The monoisotopic (exact) mass is 667 g/mol. The molecule has 1 saturated heterocycles. The van der Waals surface area contributed by atoms with E-state index in [4.69, 9.17) is 11.6 Å². The summed E-state index contributed by atoms with van der Waals surface area (Å²) in [6.45, 7) is -0.0502. The van der Waals surface area contributed by atoms with Crippen molar-refractivity contribution in [2.45, 2.75) is 78.6 Å². The Balaban J connectivity index is 1.62. The Morgan fingerprint density at radius 1 is 0.886 bits per heavy atom. The molecule has 1 saturated carbocycles. The minimum absolute atomic E-state index is 0.0379. The zero-order valence-corrected chi connectivity index (χ0v) is 24.5. The van der Waals surface area contributed by atoms with Crippen LogP contribution in [0.25, 0.3) is 0 Å². The summed E-state index contributed by atoms with van der Waals surface area (Å²) in [5.41, 5.74) is -6.83. The smallest absolute Gasteiger partial charge is 0.430 e. The number of carboxylic acid groups (broad SMARTS) is 1. The first-order valence-electron chi connectivity index (χ1n) is 13.9. The van der Waals surface area contributed by atoms with E-state index in [0.717, 1.165) is 6.07 Å². The highest BCUT2D eigenvalue weighted by Gasteiger charge is 2.72. The first kappa shape index (κ1) is 32.6. The van der Waals surface area contributed by atoms with Gasteiger partial charge < -0.3 is 15.1 Å². The van der Waals surface area contributed by atoms with E-state index >= 15 is 0 Å². The molecule has 2 atom stereocenters. The fourth-order valence-electron chi connectivity index (χ4n) is 7.15. The molecule has 0 spiro atoms. The highest BCUT2D eigenvalue weighted by molar-refractivity contribution is 7.92. The van der Waals surface area contributed by atoms with Crippen LogP contribution in [0.2, 0.25) is 5.02 Å². The van der Waals surface area contributed by atoms with Crippen LogP contribution in [0.1, 0.15) is 55.2 Å². The van der Waals surface area contributed by atoms with Gasteiger partial charge in [-0.3, -0.25) is 9.59 Å². The summed E-state index contributed by atoms with van der Waals surface area (Å²) < 4.78 is 109. The van der Waals surface area contributed by atoms with Gasteiger partial charge in [-0.2, -0.15) is 26.3 Å². The second-order valence-corrected chi connectivity index (χ2v) is 14.3. The zero-order chi connectivity index (χ0) is 32.5. The summed E-state index contributed by atoms with van der Waals surface area (Å²) in [6.07, 6.45) is -11.6. The van der Waals surface area contributed by atoms with Gasteiger partial charge in [-0.1, -0.05) is 29.8 Å². The summed E-state index contributed by atoms with van der Waals surface area (Å²) in [7, 11) is -4.45. The summed E-state index contributed by atoms with van der Waals surface area (Å²) in [4.78, 5) is 26.4. The third kappa shape index (κ3) is 4.87. The SMILES string of the molecule is O=C(O)C1CCC(C(=O)N2CCC3(S(=O)(=O)c4ccc(Cl)cc4)c4ccc(C(O)(C(F)(F)F)C(F)(F)F)cc4CCC23)CC1. The van der Waals surface area contributed by atoms with Crippen LogP contribution < -0.4 is 0 Å². The van der Waals surface area contributed by atoms with Crippen molar-refractivity contribution in [1.82, 2.24) is 4.90 Å². The number of sulfone groups is 1. The number of benzene rings is 2. The third-order valence-electron chi connectivity index (χ3n) is 9.44. The van der Waals surface area contributed by atoms with Gasteiger partial charge in [0.2, 0.25) is 5.91 Å². The molecule has 0 radical (unpaired) electrons. The van der Waals surface area contributed by atoms with Gasteiger partial charge in [0.1, 0.15) is 4.75 Å². The minimum atomic E-state index is -6.13. The maximum atomic E-state index is 14.5. The number of hydrogen-bond donors (Lipinski definition) is 2. The quantitative estimate of drug-likeness (QED) is 0.393. The Hall–Kier alpha value is -2.84. The lowest BCUT2D eigenvalue weighted by Crippen LogP contribution is -2.55. The van der Waals surface area contributed by atoms with E-state index in [2.05, 4.69) is 0 Å². The van der Waals surface area contributed by atoms with Gasteiger partial charge in [0, 0.05) is 23.0 Å². The molecule has 0 bridgehead atoms. The average Bonchev–Trinajstić information content (AvgIpc) is 3.37. The molecule has 0 aromatic heterocycles. The lowest BCUT2D eigenvalue weighted by Gasteiger charge is -2.44. The molecule has 2 aromatic rings. The number of likely N-dealkylation sites (tertiary alicyclic amines) is 1. The molecule has 2 N–H and O–H groups in total. The molecule has 2 aliphatic carbocycles. The van der Waals surface area contributed by atoms with Crippen LogP contribution >= 0.6 is 11.6 Å². The number of aryl methyl sites for hydroxylation is 1. The summed E-state index contributed by atoms with van der Waals surface area (Å²) in [6, 6.07) is 6.04. The van der Waals surface area contributed by atoms with Gasteiger partial charge in [-0.25, -0.2) is 8.42 Å². The number of halogens is 7. The van der Waals surface area contributed by atoms with Crippen molar-refractivity contribution < 1.29 is 54.6 Å². The average molecular weight is 668 g/mol. The van der Waals surface area contributed by atoms with E-state index in [-0.39, 0.29) is 78.4 Å². The standard InChI is InChI=1S/C29H28ClF6NO6S/c30-20-7-9-21(10-8-20)44(42,43)26-13-14-37(24(38)16-1-3-17(4-2-16)25(39)40)23(26)12-5-18-15-19(6-11-22(18)26)27(41,28(31,32)33)29(34,35)36/h6-11,15-17,23,41H,1-5,12-14H2,(H,39,40). The van der Waals surface area contributed by atoms with Crippen LogP contribution in [0.15, 0.2) is 47.4 Å². The number of carbonyl (C=O) groups is 2. The molecule has 44 heavy (non-hydrogen) atoms. The number of aliphatic hydroxyl groups is 1. The molecule has 5 rings (SSSR count). The summed E-state index contributed by atoms with van der Waals surface area (Å²) in [5, 5.41) is 19.6. The van der Waals surface area contributed by atoms with Crippen LogP contribution in [0.4, 0.5) is 26.3 Å². The zero-order valence-electron chi connectivity index (χ0n) is 23.0. The van der Waals surface area contributed by atoms with Crippen LogP contribution in [0, 0.1) is 11.8 Å². The van der Waals surface area contributed by atoms with Crippen molar-refractivity contribution in [3.8, 4) is 0 Å². The Bertz CT molecular complexity index is 1560. The molecule has 1 aliphatic heterocycles. The summed E-state index contributed by atoms with van der Waals surface area (Å²) >= 11 is 5.96. The normalized spacial score (nSPS) is 26.2. The van der Waals surface area contributed by atoms with Crippen molar-refractivity contribution in [3.05, 3.63) is 64.2 Å². The highest BCUT2D eigenvalue weighted by atomic mass is 35.5. The van der Waals surface area contributed by atoms with E-state index in [9.17, 15) is 54.6 Å². The lowest BCUT2D eigenvalue weighted by molar-refractivity contribution is -0.376. The van der Waals surface area contributed by atoms with E-state index in [0.29, 0.717) is 12.1 Å². The maximum absolute atomic E-state index is 14.5. The van der Waals surface area contributed by atoms with Gasteiger partial charge >= 0.3 is 18.3 Å². The van der Waals surface area contributed by atoms with Crippen LogP contribution in [0.3, 0.4) is 0 Å². The first-order chi connectivity index (χ1) is 20.4. The second kappa shape index (κ2) is 10.9. The molecule has 2 unspecified atom stereocenters. The number of alkyl halides is 6. The maximum Gasteiger partial charge on any atom is 0.430 e. The van der Waals surface area contributed by atoms with Crippen molar-refractivity contribution in [2.24, 2.45) is 11.8 Å². The van der Waals surface area contributed by atoms with Crippen LogP contribution in [-0.2, 0) is 36.2 Å². The van der Waals surface area contributed by atoms with E-state index in [1.165, 1.54) is 29.2 Å². The molecule has 15 heteroatoms. The minimum Gasteiger partial charge on any atom is -0.481 e. The highest BCUT2D eigenvalue weighted by Crippen LogP contribution is 2.55. The molecule has 2 aromatic carbocycles. The van der Waals surface area contributed by atoms with Gasteiger partial charge in [0.05, 0.1) is 16.9 Å². The molecule has 2 fully saturated rings. The Kier molecular flexibility index (Phi) is 8.07. The molecular weight excluding hydrogens is 640 g/mol. The number of rotatable bonds is 5. The fraction of sp³-hybridized carbons (Fsp3) is 0.517. The van der Waals surface area contributed by atoms with E-state index in [1.807, 2.05) is 0 Å². The van der Waals surface area contributed by atoms with Crippen molar-refractivity contribution in [2.75, 3.05) is 6.54 Å². The number of amides is 1.